The van der Waals surface area contributed by atoms with Crippen LogP contribution >= 0.6 is 25.3 Å². The molecule has 0 N–H and O–H groups in total. The fraction of sp³-hybridized carbons (Fsp3) is 0. The Hall–Kier alpha value is -1.64. The van der Waals surface area contributed by atoms with Crippen molar-refractivity contribution >= 4 is 25.3 Å². The monoisotopic (exact) mass is 298 g/mol. The van der Waals surface area contributed by atoms with Crippen molar-refractivity contribution in [3.8, 4) is 0 Å². The van der Waals surface area contributed by atoms with Crippen molar-refractivity contribution in [1.29, 1.82) is 0 Å². The lowest BCUT2D eigenvalue weighted by Crippen LogP contribution is -1.55. The van der Waals surface area contributed by atoms with Crippen molar-refractivity contribution in [1.82, 2.24) is 0 Å². The van der Waals surface area contributed by atoms with E-state index >= 15 is 0 Å². The standard InChI is InChI=1S/C18H18S2/c19-17-13-9-6-4-2-1-3-5-7-10-14-18(20)16-12-8-11-15-17/h1-16,19-20H. The maximum Gasteiger partial charge on any atom is 0.00399 e. The minimum atomic E-state index is 0.897. The first-order chi connectivity index (χ1) is 9.79. The second-order valence-electron chi connectivity index (χ2n) is 3.83. The molecule has 0 aliphatic carbocycles. The average molecular weight is 298 g/mol. The van der Waals surface area contributed by atoms with Gasteiger partial charge in [0.2, 0.25) is 0 Å². The van der Waals surface area contributed by atoms with Crippen LogP contribution in [-0.4, -0.2) is 0 Å². The molecule has 0 unspecified atom stereocenters. The molecule has 0 spiro atoms. The largest absolute Gasteiger partial charge is 0.143 e. The molecule has 0 heterocycles. The molecule has 102 valence electrons. The molecule has 0 saturated heterocycles. The fourth-order valence-electron chi connectivity index (χ4n) is 1.24. The lowest BCUT2D eigenvalue weighted by molar-refractivity contribution is 1.50. The van der Waals surface area contributed by atoms with Crippen LogP contribution in [0, 0.1) is 0 Å². The van der Waals surface area contributed by atoms with Gasteiger partial charge < -0.3 is 0 Å². The third-order valence-corrected chi connectivity index (χ3v) is 2.78. The van der Waals surface area contributed by atoms with E-state index in [-0.39, 0.29) is 0 Å². The topological polar surface area (TPSA) is 0 Å². The van der Waals surface area contributed by atoms with Crippen molar-refractivity contribution in [2.24, 2.45) is 0 Å². The van der Waals surface area contributed by atoms with Crippen LogP contribution in [0.2, 0.25) is 0 Å². The smallest absolute Gasteiger partial charge is 0.00399 e. The summed E-state index contributed by atoms with van der Waals surface area (Å²) < 4.78 is 0. The highest BCUT2D eigenvalue weighted by Crippen LogP contribution is 2.00. The van der Waals surface area contributed by atoms with Crippen LogP contribution in [0.3, 0.4) is 0 Å². The second kappa shape index (κ2) is 11.2. The quantitative estimate of drug-likeness (QED) is 0.569. The van der Waals surface area contributed by atoms with E-state index in [9.17, 15) is 0 Å². The Labute approximate surface area is 132 Å². The van der Waals surface area contributed by atoms with Gasteiger partial charge in [-0.3, -0.25) is 0 Å². The zero-order chi connectivity index (χ0) is 14.5. The summed E-state index contributed by atoms with van der Waals surface area (Å²) in [5, 5.41) is 0. The summed E-state index contributed by atoms with van der Waals surface area (Å²) >= 11 is 8.72. The van der Waals surface area contributed by atoms with E-state index < -0.39 is 0 Å². The van der Waals surface area contributed by atoms with Crippen molar-refractivity contribution in [3.05, 3.63) is 97.1 Å². The van der Waals surface area contributed by atoms with Gasteiger partial charge in [0.25, 0.3) is 0 Å². The Balaban J connectivity index is 3.20. The first-order valence-corrected chi connectivity index (χ1v) is 7.16. The summed E-state index contributed by atoms with van der Waals surface area (Å²) in [6, 6.07) is 31.3. The molecular formula is C18H18S2. The van der Waals surface area contributed by atoms with Crippen LogP contribution in [0.25, 0.3) is 0 Å². The predicted octanol–water partition coefficient (Wildman–Crippen LogP) is 5.64. The van der Waals surface area contributed by atoms with Gasteiger partial charge in [-0.05, 0) is 24.3 Å². The molecule has 0 radical (unpaired) electrons. The van der Waals surface area contributed by atoms with E-state index in [4.69, 9.17) is 0 Å². The molecule has 1 aromatic rings. The Morgan fingerprint density at radius 3 is 0.850 bits per heavy atom. The van der Waals surface area contributed by atoms with E-state index in [1.807, 2.05) is 97.1 Å². The normalized spacial score (nSPS) is 8.50. The third-order valence-electron chi connectivity index (χ3n) is 2.18. The molecule has 0 nitrogen and oxygen atoms in total. The maximum atomic E-state index is 4.36. The zero-order valence-corrected chi connectivity index (χ0v) is 12.9. The van der Waals surface area contributed by atoms with Crippen LogP contribution in [0.1, 0.15) is 0 Å². The summed E-state index contributed by atoms with van der Waals surface area (Å²) in [5.74, 6) is 0. The number of thiol groups is 2. The lowest BCUT2D eigenvalue weighted by atomic mass is 10.4. The number of rotatable bonds is 0. The highest BCUT2D eigenvalue weighted by molar-refractivity contribution is 7.80. The summed E-state index contributed by atoms with van der Waals surface area (Å²) in [6.07, 6.45) is 0. The fourth-order valence-corrected chi connectivity index (χ4v) is 1.59. The van der Waals surface area contributed by atoms with Gasteiger partial charge in [-0.1, -0.05) is 72.8 Å². The molecule has 0 aliphatic heterocycles. The van der Waals surface area contributed by atoms with Gasteiger partial charge in [-0.25, -0.2) is 0 Å². The van der Waals surface area contributed by atoms with Crippen molar-refractivity contribution in [2.75, 3.05) is 0 Å². The van der Waals surface area contributed by atoms with Crippen molar-refractivity contribution in [3.63, 3.8) is 0 Å². The summed E-state index contributed by atoms with van der Waals surface area (Å²) in [4.78, 5) is 1.79. The van der Waals surface area contributed by atoms with E-state index in [1.54, 1.807) is 0 Å². The molecule has 0 amide bonds. The van der Waals surface area contributed by atoms with Crippen molar-refractivity contribution < 1.29 is 0 Å². The third kappa shape index (κ3) is 9.31. The highest BCUT2D eigenvalue weighted by atomic mass is 32.1. The molecule has 0 saturated carbocycles. The predicted molar refractivity (Wildman–Crippen MR) is 93.8 cm³/mol. The van der Waals surface area contributed by atoms with Crippen LogP contribution in [0.4, 0.5) is 0 Å². The SMILES string of the molecule is Sc1cccccccccccc(S)ccccc1. The van der Waals surface area contributed by atoms with Gasteiger partial charge in [0.1, 0.15) is 0 Å². The first kappa shape index (κ1) is 16.4. The summed E-state index contributed by atoms with van der Waals surface area (Å²) in [5.41, 5.74) is 0. The summed E-state index contributed by atoms with van der Waals surface area (Å²) in [6.45, 7) is 0. The van der Waals surface area contributed by atoms with Gasteiger partial charge in [0.15, 0.2) is 0 Å². The molecule has 20 heavy (non-hydrogen) atoms. The molecule has 1 rings (SSSR count). The van der Waals surface area contributed by atoms with Gasteiger partial charge in [-0.15, -0.1) is 25.3 Å². The van der Waals surface area contributed by atoms with Gasteiger partial charge in [0.05, 0.1) is 0 Å². The number of hydrogen-bond donors (Lipinski definition) is 2. The molecule has 2 heteroatoms. The minimum Gasteiger partial charge on any atom is -0.143 e. The van der Waals surface area contributed by atoms with Crippen LogP contribution in [-0.2, 0) is 0 Å². The molecule has 0 aliphatic rings. The highest BCUT2D eigenvalue weighted by Gasteiger charge is 1.72. The van der Waals surface area contributed by atoms with Gasteiger partial charge in [-0.2, -0.15) is 0 Å². The molecular weight excluding hydrogens is 280 g/mol. The molecule has 1 aromatic carbocycles. The summed E-state index contributed by atoms with van der Waals surface area (Å²) in [7, 11) is 0. The van der Waals surface area contributed by atoms with E-state index in [0.29, 0.717) is 0 Å². The van der Waals surface area contributed by atoms with Crippen molar-refractivity contribution in [2.45, 2.75) is 9.79 Å². The minimum absolute atomic E-state index is 0.897. The number of hydrogen-bond acceptors (Lipinski definition) is 2. The molecule has 0 atom stereocenters. The van der Waals surface area contributed by atoms with Crippen LogP contribution < -0.4 is 0 Å². The Morgan fingerprint density at radius 2 is 0.550 bits per heavy atom. The van der Waals surface area contributed by atoms with E-state index in [2.05, 4.69) is 25.3 Å². The Morgan fingerprint density at radius 1 is 0.350 bits per heavy atom. The lowest BCUT2D eigenvalue weighted by Gasteiger charge is -1.80. The Bertz CT molecular complexity index is 530. The zero-order valence-electron chi connectivity index (χ0n) is 11.1. The van der Waals surface area contributed by atoms with Gasteiger partial charge >= 0.3 is 0 Å². The molecule has 0 fully saturated rings. The van der Waals surface area contributed by atoms with Crippen LogP contribution in [0.5, 0.6) is 0 Å². The Kier molecular flexibility index (Phi) is 9.20. The van der Waals surface area contributed by atoms with Gasteiger partial charge in [0, 0.05) is 9.79 Å². The van der Waals surface area contributed by atoms with E-state index in [1.165, 1.54) is 0 Å². The van der Waals surface area contributed by atoms with Crippen LogP contribution in [0.15, 0.2) is 107 Å². The first-order valence-electron chi connectivity index (χ1n) is 6.27. The molecule has 0 bridgehead atoms. The van der Waals surface area contributed by atoms with E-state index in [0.717, 1.165) is 9.79 Å². The molecule has 0 aromatic heterocycles. The maximum absolute atomic E-state index is 4.36. The average Bonchev–Trinajstić information content (AvgIpc) is 2.43. The second-order valence-corrected chi connectivity index (χ2v) is 4.86.